The topological polar surface area (TPSA) is 75.6 Å². The second-order valence-corrected chi connectivity index (χ2v) is 7.92. The molecule has 0 aliphatic rings. The van der Waals surface area contributed by atoms with E-state index in [0.717, 1.165) is 4.90 Å². The number of rotatable bonds is 9. The van der Waals surface area contributed by atoms with Gasteiger partial charge in [0.2, 0.25) is 10.0 Å². The molecule has 2 aromatic rings. The second kappa shape index (κ2) is 9.08. The van der Waals surface area contributed by atoms with Gasteiger partial charge >= 0.3 is 0 Å². The van der Waals surface area contributed by atoms with Crippen molar-refractivity contribution in [2.75, 3.05) is 25.2 Å². The molecule has 0 spiro atoms. The minimum Gasteiger partial charge on any atom is -0.492 e. The Morgan fingerprint density at radius 2 is 1.79 bits per heavy atom. The van der Waals surface area contributed by atoms with Gasteiger partial charge in [0.05, 0.1) is 11.9 Å². The van der Waals surface area contributed by atoms with Gasteiger partial charge in [-0.05, 0) is 36.1 Å². The number of aliphatic hydroxyl groups excluding tert-OH is 1. The van der Waals surface area contributed by atoms with E-state index in [2.05, 4.69) is 4.72 Å². The van der Waals surface area contributed by atoms with Crippen molar-refractivity contribution in [3.05, 3.63) is 60.2 Å². The standard InChI is InChI=1S/C17H21NO4S2/c1-23-16-9-7-14(8-10-16)17(19)13-18-24(20,21)12-11-22-15-5-3-2-4-6-15/h2-10,17-19H,11-13H2,1H3. The zero-order chi connectivity index (χ0) is 17.4. The van der Waals surface area contributed by atoms with E-state index < -0.39 is 16.1 Å². The summed E-state index contributed by atoms with van der Waals surface area (Å²) in [6.45, 7) is -0.00977. The number of hydrogen-bond donors (Lipinski definition) is 2. The number of thioether (sulfide) groups is 1. The summed E-state index contributed by atoms with van der Waals surface area (Å²) in [4.78, 5) is 1.09. The first-order valence-electron chi connectivity index (χ1n) is 7.47. The minimum absolute atomic E-state index is 0.0534. The molecule has 0 radical (unpaired) electrons. The Bertz CT molecular complexity index is 718. The maximum atomic E-state index is 12.0. The van der Waals surface area contributed by atoms with Gasteiger partial charge in [0.15, 0.2) is 0 Å². The monoisotopic (exact) mass is 367 g/mol. The molecule has 2 aromatic carbocycles. The molecule has 7 heteroatoms. The third-order valence-electron chi connectivity index (χ3n) is 3.36. The van der Waals surface area contributed by atoms with Crippen molar-refractivity contribution >= 4 is 21.8 Å². The van der Waals surface area contributed by atoms with E-state index in [1.54, 1.807) is 36.0 Å². The number of aliphatic hydroxyl groups is 1. The Morgan fingerprint density at radius 1 is 1.12 bits per heavy atom. The van der Waals surface area contributed by atoms with Gasteiger partial charge in [-0.25, -0.2) is 13.1 Å². The van der Waals surface area contributed by atoms with Crippen LogP contribution in [0.1, 0.15) is 11.7 Å². The van der Waals surface area contributed by atoms with Crippen molar-refractivity contribution in [2.45, 2.75) is 11.0 Å². The molecule has 5 nitrogen and oxygen atoms in total. The molecule has 0 fully saturated rings. The highest BCUT2D eigenvalue weighted by Gasteiger charge is 2.14. The van der Waals surface area contributed by atoms with Crippen molar-refractivity contribution in [3.8, 4) is 5.75 Å². The van der Waals surface area contributed by atoms with Crippen LogP contribution in [0, 0.1) is 0 Å². The van der Waals surface area contributed by atoms with E-state index in [1.165, 1.54) is 0 Å². The summed E-state index contributed by atoms with van der Waals surface area (Å²) in [5.41, 5.74) is 0.677. The number of nitrogens with one attached hydrogen (secondary N) is 1. The maximum absolute atomic E-state index is 12.0. The molecule has 0 aromatic heterocycles. The highest BCUT2D eigenvalue weighted by molar-refractivity contribution is 7.98. The Kier molecular flexibility index (Phi) is 7.11. The summed E-state index contributed by atoms with van der Waals surface area (Å²) in [6, 6.07) is 16.4. The zero-order valence-corrected chi connectivity index (χ0v) is 15.0. The molecule has 1 unspecified atom stereocenters. The molecule has 0 amide bonds. The zero-order valence-electron chi connectivity index (χ0n) is 13.4. The van der Waals surface area contributed by atoms with Gasteiger partial charge in [-0.2, -0.15) is 0 Å². The van der Waals surface area contributed by atoms with Crippen LogP contribution in [0.2, 0.25) is 0 Å². The van der Waals surface area contributed by atoms with Crippen LogP contribution >= 0.6 is 11.8 Å². The smallest absolute Gasteiger partial charge is 0.215 e. The van der Waals surface area contributed by atoms with Gasteiger partial charge in [-0.15, -0.1) is 11.8 Å². The van der Waals surface area contributed by atoms with Gasteiger partial charge in [-0.1, -0.05) is 30.3 Å². The fourth-order valence-electron chi connectivity index (χ4n) is 2.01. The third-order valence-corrected chi connectivity index (χ3v) is 5.42. The molecule has 0 aliphatic heterocycles. The quantitative estimate of drug-likeness (QED) is 0.666. The summed E-state index contributed by atoms with van der Waals surface area (Å²) < 4.78 is 31.7. The Labute approximate surface area is 147 Å². The number of hydrogen-bond acceptors (Lipinski definition) is 5. The molecule has 130 valence electrons. The van der Waals surface area contributed by atoms with E-state index in [4.69, 9.17) is 4.74 Å². The van der Waals surface area contributed by atoms with Crippen molar-refractivity contribution < 1.29 is 18.3 Å². The SMILES string of the molecule is CSc1ccc(C(O)CNS(=O)(=O)CCOc2ccccc2)cc1. The number of ether oxygens (including phenoxy) is 1. The second-order valence-electron chi connectivity index (χ2n) is 5.12. The molecule has 2 rings (SSSR count). The van der Waals surface area contributed by atoms with Crippen molar-refractivity contribution in [2.24, 2.45) is 0 Å². The van der Waals surface area contributed by atoms with Gasteiger partial charge < -0.3 is 9.84 Å². The first-order valence-corrected chi connectivity index (χ1v) is 10.3. The fourth-order valence-corrected chi connectivity index (χ4v) is 3.28. The molecule has 1 atom stereocenters. The highest BCUT2D eigenvalue weighted by atomic mass is 32.2. The normalized spacial score (nSPS) is 12.8. The number of sulfonamides is 1. The van der Waals surface area contributed by atoms with Gasteiger partial charge in [0.1, 0.15) is 12.4 Å². The van der Waals surface area contributed by atoms with E-state index >= 15 is 0 Å². The van der Waals surface area contributed by atoms with Crippen LogP contribution in [0.15, 0.2) is 59.5 Å². The van der Waals surface area contributed by atoms with Crippen LogP contribution in [0.5, 0.6) is 5.75 Å². The molecule has 2 N–H and O–H groups in total. The molecule has 0 bridgehead atoms. The predicted octanol–water partition coefficient (Wildman–Crippen LogP) is 2.44. The maximum Gasteiger partial charge on any atom is 0.215 e. The Balaban J connectivity index is 1.78. The molecular formula is C17H21NO4S2. The van der Waals surface area contributed by atoms with Crippen LogP contribution in [-0.2, 0) is 10.0 Å². The van der Waals surface area contributed by atoms with E-state index in [0.29, 0.717) is 11.3 Å². The van der Waals surface area contributed by atoms with E-state index in [1.807, 2.05) is 36.6 Å². The predicted molar refractivity (Wildman–Crippen MR) is 96.9 cm³/mol. The molecule has 0 heterocycles. The van der Waals surface area contributed by atoms with Crippen molar-refractivity contribution in [1.82, 2.24) is 4.72 Å². The average Bonchev–Trinajstić information content (AvgIpc) is 2.60. The lowest BCUT2D eigenvalue weighted by atomic mass is 10.1. The van der Waals surface area contributed by atoms with Crippen LogP contribution < -0.4 is 9.46 Å². The van der Waals surface area contributed by atoms with Crippen LogP contribution in [0.25, 0.3) is 0 Å². The van der Waals surface area contributed by atoms with Crippen molar-refractivity contribution in [1.29, 1.82) is 0 Å². The van der Waals surface area contributed by atoms with E-state index in [9.17, 15) is 13.5 Å². The Hall–Kier alpha value is -1.54. The molecule has 0 saturated heterocycles. The van der Waals surface area contributed by atoms with Crippen LogP contribution in [0.4, 0.5) is 0 Å². The Morgan fingerprint density at radius 3 is 2.42 bits per heavy atom. The fraction of sp³-hybridized carbons (Fsp3) is 0.294. The lowest BCUT2D eigenvalue weighted by molar-refractivity contribution is 0.182. The summed E-state index contributed by atoms with van der Waals surface area (Å²) >= 11 is 1.61. The lowest BCUT2D eigenvalue weighted by Crippen LogP contribution is -2.32. The first-order chi connectivity index (χ1) is 11.5. The lowest BCUT2D eigenvalue weighted by Gasteiger charge is -2.13. The largest absolute Gasteiger partial charge is 0.492 e. The van der Waals surface area contributed by atoms with Crippen LogP contribution in [0.3, 0.4) is 0 Å². The van der Waals surface area contributed by atoms with Gasteiger partial charge in [0.25, 0.3) is 0 Å². The van der Waals surface area contributed by atoms with Crippen molar-refractivity contribution in [3.63, 3.8) is 0 Å². The van der Waals surface area contributed by atoms with Gasteiger partial charge in [-0.3, -0.25) is 0 Å². The summed E-state index contributed by atoms with van der Waals surface area (Å²) in [6.07, 6.45) is 1.09. The third kappa shape index (κ3) is 6.16. The minimum atomic E-state index is -3.51. The molecular weight excluding hydrogens is 346 g/mol. The molecule has 0 saturated carbocycles. The average molecular weight is 367 g/mol. The summed E-state index contributed by atoms with van der Waals surface area (Å²) in [5.74, 6) is 0.460. The van der Waals surface area contributed by atoms with Gasteiger partial charge in [0, 0.05) is 11.4 Å². The highest BCUT2D eigenvalue weighted by Crippen LogP contribution is 2.18. The number of benzene rings is 2. The molecule has 0 aliphatic carbocycles. The summed E-state index contributed by atoms with van der Waals surface area (Å²) in [7, 11) is -3.51. The first kappa shape index (κ1) is 18.8. The summed E-state index contributed by atoms with van der Waals surface area (Å²) in [5, 5.41) is 10.1. The van der Waals surface area contributed by atoms with Crippen LogP contribution in [-0.4, -0.2) is 38.7 Å². The van der Waals surface area contributed by atoms with E-state index in [-0.39, 0.29) is 18.9 Å². The number of para-hydroxylation sites is 1. The molecule has 24 heavy (non-hydrogen) atoms.